The summed E-state index contributed by atoms with van der Waals surface area (Å²) in [5.41, 5.74) is 2.83. The van der Waals surface area contributed by atoms with Gasteiger partial charge >= 0.3 is 0 Å². The number of likely N-dealkylation sites (N-methyl/N-ethyl adjacent to an activating group) is 1. The zero-order valence-corrected chi connectivity index (χ0v) is 23.1. The summed E-state index contributed by atoms with van der Waals surface area (Å²) >= 11 is 0. The van der Waals surface area contributed by atoms with E-state index in [1.165, 1.54) is 42.3 Å². The van der Waals surface area contributed by atoms with Crippen molar-refractivity contribution < 1.29 is 27.6 Å². The van der Waals surface area contributed by atoms with Crippen molar-refractivity contribution >= 4 is 29.1 Å². The van der Waals surface area contributed by atoms with Crippen LogP contribution < -0.4 is 15.5 Å². The van der Waals surface area contributed by atoms with Gasteiger partial charge in [0.1, 0.15) is 12.4 Å². The van der Waals surface area contributed by atoms with Crippen molar-refractivity contribution in [2.75, 3.05) is 18.5 Å². The fourth-order valence-electron chi connectivity index (χ4n) is 4.93. The molecule has 218 valence electrons. The molecule has 0 bridgehead atoms. The molecule has 4 aromatic carbocycles. The van der Waals surface area contributed by atoms with Crippen LogP contribution in [0.3, 0.4) is 0 Å². The number of carbonyl (C=O) groups is 3. The van der Waals surface area contributed by atoms with Gasteiger partial charge in [-0.2, -0.15) is 0 Å². The van der Waals surface area contributed by atoms with Crippen LogP contribution >= 0.6 is 0 Å². The summed E-state index contributed by atoms with van der Waals surface area (Å²) in [5, 5.41) is 5.23. The number of halogens is 3. The number of carbonyl (C=O) groups excluding carboxylic acids is 3. The number of rotatable bonds is 8. The van der Waals surface area contributed by atoms with Crippen molar-refractivity contribution in [2.45, 2.75) is 18.5 Å². The van der Waals surface area contributed by atoms with Crippen LogP contribution in [0.25, 0.3) is 0 Å². The highest BCUT2D eigenvalue weighted by Gasteiger charge is 2.35. The van der Waals surface area contributed by atoms with Gasteiger partial charge in [-0.15, -0.1) is 0 Å². The first-order valence-electron chi connectivity index (χ1n) is 13.5. The first-order valence-corrected chi connectivity index (χ1v) is 13.5. The quantitative estimate of drug-likeness (QED) is 0.320. The smallest absolute Gasteiger partial charge is 0.272 e. The Balaban J connectivity index is 1.57. The van der Waals surface area contributed by atoms with Crippen molar-refractivity contribution in [3.63, 3.8) is 0 Å². The molecule has 1 aliphatic rings. The molecule has 0 saturated heterocycles. The lowest BCUT2D eigenvalue weighted by molar-refractivity contribution is -0.128. The van der Waals surface area contributed by atoms with Crippen LogP contribution in [-0.4, -0.2) is 43.2 Å². The molecule has 43 heavy (non-hydrogen) atoms. The van der Waals surface area contributed by atoms with Crippen molar-refractivity contribution in [2.24, 2.45) is 4.99 Å². The lowest BCUT2D eigenvalue weighted by Crippen LogP contribution is -2.51. The average Bonchev–Trinajstić information content (AvgIpc) is 3.13. The number of benzene rings is 4. The number of nitrogens with one attached hydrogen (secondary N) is 2. The number of anilines is 1. The third-order valence-corrected chi connectivity index (χ3v) is 7.13. The van der Waals surface area contributed by atoms with Gasteiger partial charge in [0, 0.05) is 18.2 Å². The molecule has 7 nitrogen and oxygen atoms in total. The summed E-state index contributed by atoms with van der Waals surface area (Å²) in [6.45, 7) is -0.327. The molecule has 0 aromatic heterocycles. The summed E-state index contributed by atoms with van der Waals surface area (Å²) in [4.78, 5) is 46.4. The summed E-state index contributed by atoms with van der Waals surface area (Å²) in [6.07, 6.45) is -1.53. The molecule has 0 radical (unpaired) electrons. The minimum absolute atomic E-state index is 0.0764. The maximum Gasteiger partial charge on any atom is 0.272 e. The topological polar surface area (TPSA) is 90.9 Å². The van der Waals surface area contributed by atoms with Gasteiger partial charge in [0.15, 0.2) is 11.6 Å². The van der Waals surface area contributed by atoms with E-state index >= 15 is 0 Å². The van der Waals surface area contributed by atoms with Gasteiger partial charge in [0.25, 0.3) is 5.91 Å². The number of fused-ring (bicyclic) bond motifs is 1. The maximum absolute atomic E-state index is 14.0. The van der Waals surface area contributed by atoms with E-state index < -0.39 is 47.3 Å². The number of hydrogen-bond donors (Lipinski definition) is 2. The van der Waals surface area contributed by atoms with E-state index in [4.69, 9.17) is 4.99 Å². The van der Waals surface area contributed by atoms with Crippen LogP contribution in [0, 0.1) is 17.5 Å². The third kappa shape index (κ3) is 6.48. The summed E-state index contributed by atoms with van der Waals surface area (Å²) < 4.78 is 41.4. The van der Waals surface area contributed by atoms with Gasteiger partial charge < -0.3 is 10.6 Å². The van der Waals surface area contributed by atoms with Crippen molar-refractivity contribution in [1.82, 2.24) is 10.6 Å². The molecule has 3 amide bonds. The van der Waals surface area contributed by atoms with Gasteiger partial charge in [-0.05, 0) is 47.9 Å². The molecular formula is C33H27F3N4O3. The first-order chi connectivity index (χ1) is 20.7. The minimum atomic E-state index is -1.45. The number of para-hydroxylation sites is 1. The number of benzodiazepines with no additional fused rings is 1. The first kappa shape index (κ1) is 29.2. The Morgan fingerprint density at radius 3 is 2.28 bits per heavy atom. The van der Waals surface area contributed by atoms with Crippen LogP contribution in [0.4, 0.5) is 18.9 Å². The Morgan fingerprint density at radius 2 is 1.58 bits per heavy atom. The molecule has 0 aliphatic carbocycles. The van der Waals surface area contributed by atoms with E-state index in [1.807, 2.05) is 30.3 Å². The van der Waals surface area contributed by atoms with E-state index in [0.717, 1.165) is 12.1 Å². The normalized spacial score (nSPS) is 15.2. The highest BCUT2D eigenvalue weighted by molar-refractivity contribution is 6.21. The van der Waals surface area contributed by atoms with Gasteiger partial charge in [-0.1, -0.05) is 66.7 Å². The highest BCUT2D eigenvalue weighted by Crippen LogP contribution is 2.29. The molecule has 2 N–H and O–H groups in total. The second-order valence-electron chi connectivity index (χ2n) is 9.93. The molecule has 10 heteroatoms. The second-order valence-corrected chi connectivity index (χ2v) is 9.93. The molecule has 0 spiro atoms. The Labute approximate surface area is 246 Å². The van der Waals surface area contributed by atoms with Crippen molar-refractivity contribution in [3.05, 3.63) is 137 Å². The van der Waals surface area contributed by atoms with Gasteiger partial charge in [0.05, 0.1) is 17.3 Å². The Kier molecular flexibility index (Phi) is 8.66. The lowest BCUT2D eigenvalue weighted by atomic mass is 9.91. The average molecular weight is 585 g/mol. The van der Waals surface area contributed by atoms with E-state index in [9.17, 15) is 27.6 Å². The monoisotopic (exact) mass is 584 g/mol. The van der Waals surface area contributed by atoms with Crippen LogP contribution in [0.15, 0.2) is 102 Å². The molecule has 1 unspecified atom stereocenters. The summed E-state index contributed by atoms with van der Waals surface area (Å²) in [5.74, 6) is -5.39. The number of aliphatic imine (C=N–C) groups is 1. The molecule has 4 aromatic rings. The molecule has 0 saturated carbocycles. The van der Waals surface area contributed by atoms with Crippen LogP contribution in [0.1, 0.15) is 28.2 Å². The predicted octanol–water partition coefficient (Wildman–Crippen LogP) is 4.50. The standard InChI is InChI=1S/C33H27F3N4O3/c1-37-29(41)19-40-28-10-6-5-9-24(28)30(22-7-3-2-4-8-22)38-31(33(40)43)39-32(42)25(21-12-14-23(34)15-13-21)17-20-11-16-26(35)27(36)18-20/h2-16,18,25,31H,17,19H2,1H3,(H,37,41)(H,39,42)/t25-,31?/m0/s1. The van der Waals surface area contributed by atoms with Crippen molar-refractivity contribution in [3.8, 4) is 0 Å². The molecule has 5 rings (SSSR count). The van der Waals surface area contributed by atoms with Gasteiger partial charge in [0.2, 0.25) is 18.0 Å². The maximum atomic E-state index is 14.0. The van der Waals surface area contributed by atoms with Gasteiger partial charge in [-0.25, -0.2) is 18.2 Å². The number of nitrogens with zero attached hydrogens (tertiary/aromatic N) is 2. The summed E-state index contributed by atoms with van der Waals surface area (Å²) in [6, 6.07) is 24.6. The van der Waals surface area contributed by atoms with E-state index in [2.05, 4.69) is 10.6 Å². The lowest BCUT2D eigenvalue weighted by Gasteiger charge is -2.26. The second kappa shape index (κ2) is 12.7. The molecule has 2 atom stereocenters. The largest absolute Gasteiger partial charge is 0.358 e. The predicted molar refractivity (Wildman–Crippen MR) is 156 cm³/mol. The fraction of sp³-hybridized carbons (Fsp3) is 0.152. The van der Waals surface area contributed by atoms with Crippen molar-refractivity contribution in [1.29, 1.82) is 0 Å². The summed E-state index contributed by atoms with van der Waals surface area (Å²) in [7, 11) is 1.45. The molecule has 1 aliphatic heterocycles. The SMILES string of the molecule is CNC(=O)CN1C(=O)C(NC(=O)[C@@H](Cc2ccc(F)c(F)c2)c2ccc(F)cc2)N=C(c2ccccc2)c2ccccc21. The van der Waals surface area contributed by atoms with E-state index in [1.54, 1.807) is 24.3 Å². The zero-order chi connectivity index (χ0) is 30.5. The Morgan fingerprint density at radius 1 is 0.884 bits per heavy atom. The Bertz CT molecular complexity index is 1690. The zero-order valence-electron chi connectivity index (χ0n) is 23.1. The third-order valence-electron chi connectivity index (χ3n) is 7.13. The van der Waals surface area contributed by atoms with Crippen LogP contribution in [-0.2, 0) is 20.8 Å². The Hall–Kier alpha value is -5.25. The van der Waals surface area contributed by atoms with Crippen LogP contribution in [0.2, 0.25) is 0 Å². The van der Waals surface area contributed by atoms with E-state index in [0.29, 0.717) is 33.7 Å². The molecular weight excluding hydrogens is 557 g/mol. The van der Waals surface area contributed by atoms with Gasteiger partial charge in [-0.3, -0.25) is 19.3 Å². The minimum Gasteiger partial charge on any atom is -0.358 e. The fourth-order valence-corrected chi connectivity index (χ4v) is 4.93. The van der Waals surface area contributed by atoms with E-state index in [-0.39, 0.29) is 13.0 Å². The van der Waals surface area contributed by atoms with Crippen LogP contribution in [0.5, 0.6) is 0 Å². The highest BCUT2D eigenvalue weighted by atomic mass is 19.2. The molecule has 0 fully saturated rings. The molecule has 1 heterocycles. The number of hydrogen-bond acceptors (Lipinski definition) is 4. The number of amides is 3.